The largest absolute Gasteiger partial charge is 0.492 e. The standard InChI is InChI=1S/C12H17BrClNO/c1-12(2,7-15-3)8-16-11-5-4-9(14)6-10(11)13/h4-6,15H,7-8H2,1-3H3. The molecule has 0 bridgehead atoms. The van der Waals surface area contributed by atoms with Gasteiger partial charge in [0, 0.05) is 17.0 Å². The molecule has 0 aliphatic carbocycles. The summed E-state index contributed by atoms with van der Waals surface area (Å²) in [5.74, 6) is 0.827. The van der Waals surface area contributed by atoms with Gasteiger partial charge >= 0.3 is 0 Å². The molecule has 1 aromatic rings. The Balaban J connectivity index is 2.61. The Bertz CT molecular complexity index is 355. The molecule has 0 unspecified atom stereocenters. The average molecular weight is 307 g/mol. The maximum Gasteiger partial charge on any atom is 0.133 e. The second-order valence-electron chi connectivity index (χ2n) is 4.56. The van der Waals surface area contributed by atoms with E-state index < -0.39 is 0 Å². The second-order valence-corrected chi connectivity index (χ2v) is 5.85. The molecule has 4 heteroatoms. The smallest absolute Gasteiger partial charge is 0.133 e. The molecule has 16 heavy (non-hydrogen) atoms. The van der Waals surface area contributed by atoms with Gasteiger partial charge < -0.3 is 10.1 Å². The molecule has 0 atom stereocenters. The Kier molecular flexibility index (Phi) is 5.09. The minimum atomic E-state index is 0.105. The molecule has 1 N–H and O–H groups in total. The molecule has 0 heterocycles. The van der Waals surface area contributed by atoms with E-state index in [0.29, 0.717) is 11.6 Å². The van der Waals surface area contributed by atoms with E-state index in [1.54, 1.807) is 0 Å². The lowest BCUT2D eigenvalue weighted by atomic mass is 9.95. The zero-order valence-corrected chi connectivity index (χ0v) is 12.2. The van der Waals surface area contributed by atoms with Gasteiger partial charge in [-0.1, -0.05) is 25.4 Å². The van der Waals surface area contributed by atoms with Crippen molar-refractivity contribution in [2.24, 2.45) is 5.41 Å². The van der Waals surface area contributed by atoms with Crippen molar-refractivity contribution in [2.75, 3.05) is 20.2 Å². The molecule has 0 saturated heterocycles. The molecule has 0 amide bonds. The highest BCUT2D eigenvalue weighted by atomic mass is 79.9. The Morgan fingerprint density at radius 1 is 1.44 bits per heavy atom. The third kappa shape index (κ3) is 4.32. The predicted molar refractivity (Wildman–Crippen MR) is 72.4 cm³/mol. The van der Waals surface area contributed by atoms with Crippen molar-refractivity contribution < 1.29 is 4.74 Å². The lowest BCUT2D eigenvalue weighted by molar-refractivity contribution is 0.178. The van der Waals surface area contributed by atoms with Crippen molar-refractivity contribution in [3.05, 3.63) is 27.7 Å². The van der Waals surface area contributed by atoms with Crippen LogP contribution in [0, 0.1) is 5.41 Å². The third-order valence-corrected chi connectivity index (χ3v) is 3.02. The molecule has 0 saturated carbocycles. The first-order chi connectivity index (χ1) is 7.44. The van der Waals surface area contributed by atoms with Crippen LogP contribution in [-0.4, -0.2) is 20.2 Å². The fourth-order valence-corrected chi connectivity index (χ4v) is 2.19. The van der Waals surface area contributed by atoms with Gasteiger partial charge in [0.05, 0.1) is 11.1 Å². The number of nitrogens with one attached hydrogen (secondary N) is 1. The lowest BCUT2D eigenvalue weighted by Gasteiger charge is -2.24. The Morgan fingerprint density at radius 3 is 2.69 bits per heavy atom. The van der Waals surface area contributed by atoms with E-state index in [4.69, 9.17) is 16.3 Å². The quantitative estimate of drug-likeness (QED) is 0.895. The van der Waals surface area contributed by atoms with E-state index in [9.17, 15) is 0 Å². The summed E-state index contributed by atoms with van der Waals surface area (Å²) < 4.78 is 6.65. The summed E-state index contributed by atoms with van der Waals surface area (Å²) in [6.07, 6.45) is 0. The SMILES string of the molecule is CNCC(C)(C)COc1ccc(Cl)cc1Br. The number of hydrogen-bond acceptors (Lipinski definition) is 2. The molecule has 0 aliphatic rings. The van der Waals surface area contributed by atoms with E-state index >= 15 is 0 Å². The van der Waals surface area contributed by atoms with Crippen LogP contribution in [0.3, 0.4) is 0 Å². The van der Waals surface area contributed by atoms with Crippen LogP contribution in [0.5, 0.6) is 5.75 Å². The van der Waals surface area contributed by atoms with Gasteiger partial charge in [0.1, 0.15) is 5.75 Å². The zero-order chi connectivity index (χ0) is 12.2. The number of halogens is 2. The molecule has 0 radical (unpaired) electrons. The highest BCUT2D eigenvalue weighted by Gasteiger charge is 2.18. The van der Waals surface area contributed by atoms with Crippen LogP contribution < -0.4 is 10.1 Å². The molecule has 1 rings (SSSR count). The molecule has 0 spiro atoms. The van der Waals surface area contributed by atoms with Gasteiger partial charge in [0.15, 0.2) is 0 Å². The first kappa shape index (κ1) is 13.8. The van der Waals surface area contributed by atoms with Gasteiger partial charge in [-0.25, -0.2) is 0 Å². The Labute approximate surface area is 110 Å². The van der Waals surface area contributed by atoms with Crippen LogP contribution in [0.1, 0.15) is 13.8 Å². The summed E-state index contributed by atoms with van der Waals surface area (Å²) in [5, 5.41) is 3.86. The summed E-state index contributed by atoms with van der Waals surface area (Å²) in [5.41, 5.74) is 0.105. The molecule has 0 aliphatic heterocycles. The van der Waals surface area contributed by atoms with Crippen molar-refractivity contribution in [3.8, 4) is 5.75 Å². The number of rotatable bonds is 5. The van der Waals surface area contributed by atoms with E-state index in [1.165, 1.54) is 0 Å². The molecule has 1 aromatic carbocycles. The minimum absolute atomic E-state index is 0.105. The second kappa shape index (κ2) is 5.89. The van der Waals surface area contributed by atoms with Crippen molar-refractivity contribution in [1.82, 2.24) is 5.32 Å². The maximum absolute atomic E-state index is 5.86. The van der Waals surface area contributed by atoms with Crippen LogP contribution in [0.15, 0.2) is 22.7 Å². The van der Waals surface area contributed by atoms with Crippen LogP contribution in [0.25, 0.3) is 0 Å². The normalized spacial score (nSPS) is 11.6. The summed E-state index contributed by atoms with van der Waals surface area (Å²) in [7, 11) is 1.94. The van der Waals surface area contributed by atoms with Gasteiger partial charge in [0.25, 0.3) is 0 Å². The Morgan fingerprint density at radius 2 is 2.12 bits per heavy atom. The number of benzene rings is 1. The van der Waals surface area contributed by atoms with Gasteiger partial charge in [-0.3, -0.25) is 0 Å². The molecule has 2 nitrogen and oxygen atoms in total. The number of hydrogen-bond donors (Lipinski definition) is 1. The van der Waals surface area contributed by atoms with E-state index in [2.05, 4.69) is 35.1 Å². The maximum atomic E-state index is 5.86. The molecular weight excluding hydrogens is 289 g/mol. The summed E-state index contributed by atoms with van der Waals surface area (Å²) >= 11 is 9.29. The summed E-state index contributed by atoms with van der Waals surface area (Å²) in [6, 6.07) is 5.54. The van der Waals surface area contributed by atoms with Crippen molar-refractivity contribution in [3.63, 3.8) is 0 Å². The van der Waals surface area contributed by atoms with E-state index in [1.807, 2.05) is 25.2 Å². The minimum Gasteiger partial charge on any atom is -0.492 e. The highest BCUT2D eigenvalue weighted by Crippen LogP contribution is 2.29. The van der Waals surface area contributed by atoms with Gasteiger partial charge in [-0.15, -0.1) is 0 Å². The fourth-order valence-electron chi connectivity index (χ4n) is 1.39. The molecule has 0 aromatic heterocycles. The van der Waals surface area contributed by atoms with Gasteiger partial charge in [0.2, 0.25) is 0 Å². The van der Waals surface area contributed by atoms with Crippen LogP contribution in [-0.2, 0) is 0 Å². The van der Waals surface area contributed by atoms with Crippen LogP contribution >= 0.6 is 27.5 Å². The molecule has 0 fully saturated rings. The highest BCUT2D eigenvalue weighted by molar-refractivity contribution is 9.10. The zero-order valence-electron chi connectivity index (χ0n) is 9.81. The first-order valence-electron chi connectivity index (χ1n) is 5.17. The molecule has 90 valence electrons. The number of ether oxygens (including phenoxy) is 1. The first-order valence-corrected chi connectivity index (χ1v) is 6.34. The Hall–Kier alpha value is -0.250. The van der Waals surface area contributed by atoms with Crippen LogP contribution in [0.4, 0.5) is 0 Å². The van der Waals surface area contributed by atoms with Crippen molar-refractivity contribution in [2.45, 2.75) is 13.8 Å². The van der Waals surface area contributed by atoms with Gasteiger partial charge in [-0.05, 0) is 41.2 Å². The monoisotopic (exact) mass is 305 g/mol. The predicted octanol–water partition coefficient (Wildman–Crippen LogP) is 3.73. The van der Waals surface area contributed by atoms with E-state index in [-0.39, 0.29) is 5.41 Å². The summed E-state index contributed by atoms with van der Waals surface area (Å²) in [6.45, 7) is 5.90. The summed E-state index contributed by atoms with van der Waals surface area (Å²) in [4.78, 5) is 0. The van der Waals surface area contributed by atoms with Crippen molar-refractivity contribution >= 4 is 27.5 Å². The lowest BCUT2D eigenvalue weighted by Crippen LogP contribution is -2.32. The van der Waals surface area contributed by atoms with Gasteiger partial charge in [-0.2, -0.15) is 0 Å². The van der Waals surface area contributed by atoms with Crippen molar-refractivity contribution in [1.29, 1.82) is 0 Å². The average Bonchev–Trinajstić information content (AvgIpc) is 2.16. The third-order valence-electron chi connectivity index (χ3n) is 2.17. The fraction of sp³-hybridized carbons (Fsp3) is 0.500. The van der Waals surface area contributed by atoms with E-state index in [0.717, 1.165) is 16.8 Å². The van der Waals surface area contributed by atoms with Crippen LogP contribution in [0.2, 0.25) is 5.02 Å². The topological polar surface area (TPSA) is 21.3 Å². The molecular formula is C12H17BrClNO.